The van der Waals surface area contributed by atoms with Crippen LogP contribution >= 0.6 is 0 Å². The highest BCUT2D eigenvalue weighted by atomic mass is 16.3. The topological polar surface area (TPSA) is 21.3 Å². The molecule has 0 spiro atoms. The minimum absolute atomic E-state index is 0.0131. The van der Waals surface area contributed by atoms with Gasteiger partial charge in [0.15, 0.2) is 0 Å². The molecule has 0 amide bonds. The highest BCUT2D eigenvalue weighted by molar-refractivity contribution is 6.90. The number of hydrogen-bond donors (Lipinski definition) is 0. The third-order valence-corrected chi connectivity index (χ3v) is 15.9. The normalized spacial score (nSPS) is 13.6. The summed E-state index contributed by atoms with van der Waals surface area (Å²) in [5, 5.41) is 5.02. The molecule has 4 heterocycles. The molecule has 2 aromatic heterocycles. The first kappa shape index (κ1) is 44.4. The maximum absolute atomic E-state index is 7.19. The highest BCUT2D eigenvalue weighted by Crippen LogP contribution is 2.52. The summed E-state index contributed by atoms with van der Waals surface area (Å²) >= 11 is 0. The van der Waals surface area contributed by atoms with Gasteiger partial charge in [0.2, 0.25) is 0 Å². The first-order valence-corrected chi connectivity index (χ1v) is 25.4. The lowest BCUT2D eigenvalue weighted by Crippen LogP contribution is -2.56. The van der Waals surface area contributed by atoms with E-state index in [1.54, 1.807) is 0 Å². The molecule has 10 aromatic rings. The van der Waals surface area contributed by atoms with Gasteiger partial charge < -0.3 is 13.8 Å². The van der Waals surface area contributed by atoms with Gasteiger partial charge in [0.1, 0.15) is 11.2 Å². The second-order valence-corrected chi connectivity index (χ2v) is 24.3. The van der Waals surface area contributed by atoms with Gasteiger partial charge >= 0.3 is 6.85 Å². The van der Waals surface area contributed by atoms with Crippen LogP contribution in [0.2, 0.25) is 0 Å². The van der Waals surface area contributed by atoms with E-state index in [0.717, 1.165) is 22.5 Å². The number of fused-ring (bicyclic) bond motifs is 11. The molecule has 0 radical (unpaired) electrons. The number of furan rings is 1. The minimum atomic E-state index is -0.121. The molecule has 12 rings (SSSR count). The molecular formula is C66H65BN2O. The van der Waals surface area contributed by atoms with Gasteiger partial charge in [-0.05, 0) is 190 Å². The fourth-order valence-electron chi connectivity index (χ4n) is 12.7. The first-order valence-electron chi connectivity index (χ1n) is 25.4. The van der Waals surface area contributed by atoms with E-state index in [1.807, 2.05) is 0 Å². The number of aryl methyl sites for hydroxylation is 6. The summed E-state index contributed by atoms with van der Waals surface area (Å²) in [7, 11) is 0. The van der Waals surface area contributed by atoms with Crippen LogP contribution in [0.3, 0.4) is 0 Å². The van der Waals surface area contributed by atoms with Crippen LogP contribution in [0.5, 0.6) is 0 Å². The first-order chi connectivity index (χ1) is 33.1. The van der Waals surface area contributed by atoms with Gasteiger partial charge in [-0.1, -0.05) is 134 Å². The second-order valence-electron chi connectivity index (χ2n) is 24.3. The molecule has 3 nitrogen and oxygen atoms in total. The fraction of sp³-hybridized carbons (Fsp3) is 0.273. The molecule has 4 heteroatoms. The monoisotopic (exact) mass is 913 g/mol. The minimum Gasteiger partial charge on any atom is -0.456 e. The Labute approximate surface area is 415 Å². The van der Waals surface area contributed by atoms with Gasteiger partial charge in [0, 0.05) is 61.3 Å². The summed E-state index contributed by atoms with van der Waals surface area (Å²) < 4.78 is 9.92. The Morgan fingerprint density at radius 2 is 1.03 bits per heavy atom. The number of hydrogen-bond acceptors (Lipinski definition) is 2. The van der Waals surface area contributed by atoms with E-state index >= 15 is 0 Å². The maximum atomic E-state index is 7.19. The largest absolute Gasteiger partial charge is 0.456 e. The Kier molecular flexibility index (Phi) is 9.44. The molecule has 8 aromatic carbocycles. The lowest BCUT2D eigenvalue weighted by atomic mass is 9.44. The van der Waals surface area contributed by atoms with E-state index in [-0.39, 0.29) is 23.1 Å². The van der Waals surface area contributed by atoms with Crippen LogP contribution in [0.15, 0.2) is 126 Å². The molecule has 348 valence electrons. The van der Waals surface area contributed by atoms with Crippen molar-refractivity contribution in [3.63, 3.8) is 0 Å². The van der Waals surface area contributed by atoms with Crippen molar-refractivity contribution >= 4 is 78.6 Å². The molecule has 0 saturated carbocycles. The quantitative estimate of drug-likeness (QED) is 0.165. The highest BCUT2D eigenvalue weighted by Gasteiger charge is 2.45. The Balaban J connectivity index is 1.28. The number of benzene rings is 8. The fourth-order valence-corrected chi connectivity index (χ4v) is 12.7. The molecular weight excluding hydrogens is 848 g/mol. The van der Waals surface area contributed by atoms with Crippen LogP contribution in [0, 0.1) is 41.5 Å². The van der Waals surface area contributed by atoms with E-state index in [0.29, 0.717) is 0 Å². The Morgan fingerprint density at radius 3 is 1.64 bits per heavy atom. The van der Waals surface area contributed by atoms with Crippen molar-refractivity contribution in [2.45, 2.75) is 120 Å². The summed E-state index contributed by atoms with van der Waals surface area (Å²) in [6, 6.07) is 47.6. The zero-order valence-electron chi connectivity index (χ0n) is 43.9. The third kappa shape index (κ3) is 6.54. The second kappa shape index (κ2) is 14.9. The van der Waals surface area contributed by atoms with E-state index < -0.39 is 0 Å². The van der Waals surface area contributed by atoms with Crippen molar-refractivity contribution in [2.75, 3.05) is 4.90 Å². The zero-order chi connectivity index (χ0) is 49.2. The zero-order valence-corrected chi connectivity index (χ0v) is 43.9. The number of anilines is 3. The van der Waals surface area contributed by atoms with Crippen LogP contribution in [-0.2, 0) is 16.2 Å². The van der Waals surface area contributed by atoms with Gasteiger partial charge in [0.05, 0.1) is 0 Å². The molecule has 0 atom stereocenters. The van der Waals surface area contributed by atoms with Crippen molar-refractivity contribution in [2.24, 2.45) is 0 Å². The lowest BCUT2D eigenvalue weighted by molar-refractivity contribution is 0.590. The van der Waals surface area contributed by atoms with E-state index in [4.69, 9.17) is 4.42 Å². The van der Waals surface area contributed by atoms with E-state index in [1.165, 1.54) is 133 Å². The summed E-state index contributed by atoms with van der Waals surface area (Å²) in [6.07, 6.45) is 0. The molecule has 0 bridgehead atoms. The number of nitrogens with zero attached hydrogens (tertiary/aromatic N) is 2. The number of rotatable bonds is 3. The molecule has 0 saturated heterocycles. The molecule has 0 unspecified atom stereocenters. The van der Waals surface area contributed by atoms with Crippen molar-refractivity contribution in [1.82, 2.24) is 4.48 Å². The summed E-state index contributed by atoms with van der Waals surface area (Å²) in [5.41, 5.74) is 29.7. The Bertz CT molecular complexity index is 3860. The smallest absolute Gasteiger partial charge is 0.333 e. The molecule has 2 aliphatic heterocycles. The van der Waals surface area contributed by atoms with E-state index in [2.05, 4.69) is 235 Å². The predicted octanol–water partition coefficient (Wildman–Crippen LogP) is 17.2. The average molecular weight is 913 g/mol. The lowest BCUT2D eigenvalue weighted by Gasteiger charge is -2.41. The van der Waals surface area contributed by atoms with Gasteiger partial charge in [-0.3, -0.25) is 0 Å². The van der Waals surface area contributed by atoms with Crippen LogP contribution < -0.4 is 15.8 Å². The van der Waals surface area contributed by atoms with Gasteiger partial charge in [0.25, 0.3) is 0 Å². The van der Waals surface area contributed by atoms with Crippen LogP contribution in [0.1, 0.15) is 112 Å². The Morgan fingerprint density at radius 1 is 0.457 bits per heavy atom. The van der Waals surface area contributed by atoms with Gasteiger partial charge in [-0.2, -0.15) is 0 Å². The van der Waals surface area contributed by atoms with Crippen LogP contribution in [-0.4, -0.2) is 11.3 Å². The van der Waals surface area contributed by atoms with Crippen molar-refractivity contribution < 1.29 is 4.42 Å². The summed E-state index contributed by atoms with van der Waals surface area (Å²) in [5.74, 6) is 0. The number of aromatic nitrogens is 1. The van der Waals surface area contributed by atoms with Crippen LogP contribution in [0.25, 0.3) is 77.1 Å². The van der Waals surface area contributed by atoms with Crippen molar-refractivity contribution in [3.8, 4) is 33.4 Å². The molecule has 0 fully saturated rings. The maximum Gasteiger partial charge on any atom is 0.333 e. The average Bonchev–Trinajstić information content (AvgIpc) is 3.81. The van der Waals surface area contributed by atoms with Gasteiger partial charge in [-0.15, -0.1) is 0 Å². The third-order valence-electron chi connectivity index (χ3n) is 15.9. The summed E-state index contributed by atoms with van der Waals surface area (Å²) in [4.78, 5) is 2.59. The van der Waals surface area contributed by atoms with Gasteiger partial charge in [-0.25, -0.2) is 0 Å². The molecule has 0 aliphatic carbocycles. The molecule has 70 heavy (non-hydrogen) atoms. The van der Waals surface area contributed by atoms with Crippen molar-refractivity contribution in [3.05, 3.63) is 171 Å². The van der Waals surface area contributed by atoms with Crippen LogP contribution in [0.4, 0.5) is 17.1 Å². The summed E-state index contributed by atoms with van der Waals surface area (Å²) in [6.45, 7) is 34.4. The van der Waals surface area contributed by atoms with Crippen molar-refractivity contribution in [1.29, 1.82) is 0 Å². The Hall–Kier alpha value is -6.78. The molecule has 0 N–H and O–H groups in total. The predicted molar refractivity (Wildman–Crippen MR) is 303 cm³/mol. The molecule has 2 aliphatic rings. The standard InChI is InChI=1S/C66H65BN2O/c1-36-25-38(3)58(39(4)26-36)42-17-16-18-47(29-42)68-54-30-43(59-40(5)27-37(2)28-41(59)6)19-22-52(54)67-62-55(68)35-57-60(50-32-45(65(10,11)12)21-24-56(50)70-57)61(62)51-34-46(66(13,14)15)33-49-48-31-44(64(7,8)9)20-23-53(48)69(67)63(49)51/h16-35H,1-15H3. The SMILES string of the molecule is Cc1cc(C)c(-c2cccc(N3c4cc(-c5c(C)cc(C)cc5C)ccc4B4c5c3cc3oc6ccc(C(C)(C)C)cc6c3c5-c3cc(C(C)(C)C)cc5c6cc(C(C)(C)C)ccc6n4c35)c2)c(C)c1. The van der Waals surface area contributed by atoms with E-state index in [9.17, 15) is 0 Å².